The Labute approximate surface area is 156 Å². The zero-order valence-electron chi connectivity index (χ0n) is 15.1. The van der Waals surface area contributed by atoms with Gasteiger partial charge in [0.15, 0.2) is 0 Å². The molecule has 0 bridgehead atoms. The minimum atomic E-state index is -0.281. The van der Waals surface area contributed by atoms with Crippen LogP contribution in [0, 0.1) is 13.8 Å². The van der Waals surface area contributed by atoms with Gasteiger partial charge in [-0.3, -0.25) is 9.59 Å². The predicted molar refractivity (Wildman–Crippen MR) is 105 cm³/mol. The molecule has 0 aliphatic heterocycles. The molecule has 3 rings (SSSR count). The molecule has 6 heteroatoms. The van der Waals surface area contributed by atoms with Crippen molar-refractivity contribution in [2.24, 2.45) is 0 Å². The minimum Gasteiger partial charge on any atom is -0.346 e. The molecule has 0 saturated heterocycles. The third-order valence-electron chi connectivity index (χ3n) is 4.27. The highest BCUT2D eigenvalue weighted by atomic mass is 32.1. The summed E-state index contributed by atoms with van der Waals surface area (Å²) < 4.78 is 0. The number of H-pyrrole nitrogens is 1. The molecule has 2 aromatic heterocycles. The molecule has 1 aromatic carbocycles. The van der Waals surface area contributed by atoms with Crippen molar-refractivity contribution in [3.8, 4) is 10.6 Å². The topological polar surface area (TPSA) is 74.8 Å². The lowest BCUT2D eigenvalue weighted by molar-refractivity contribution is 0.0946. The Hall–Kier alpha value is -2.73. The number of hydrogen-bond acceptors (Lipinski definition) is 4. The van der Waals surface area contributed by atoms with Crippen LogP contribution in [0.15, 0.2) is 40.5 Å². The van der Waals surface area contributed by atoms with Gasteiger partial charge in [0, 0.05) is 28.7 Å². The van der Waals surface area contributed by atoms with Crippen LogP contribution in [0.25, 0.3) is 10.6 Å². The zero-order chi connectivity index (χ0) is 18.7. The van der Waals surface area contributed by atoms with E-state index in [1.54, 1.807) is 5.38 Å². The quantitative estimate of drug-likeness (QED) is 0.723. The van der Waals surface area contributed by atoms with Gasteiger partial charge in [-0.2, -0.15) is 0 Å². The zero-order valence-corrected chi connectivity index (χ0v) is 15.9. The Morgan fingerprint density at radius 3 is 2.62 bits per heavy atom. The van der Waals surface area contributed by atoms with Gasteiger partial charge in [0.1, 0.15) is 10.7 Å². The van der Waals surface area contributed by atoms with E-state index >= 15 is 0 Å². The third-order valence-corrected chi connectivity index (χ3v) is 5.16. The summed E-state index contributed by atoms with van der Waals surface area (Å²) in [7, 11) is 0. The van der Waals surface area contributed by atoms with Crippen molar-refractivity contribution in [1.29, 1.82) is 0 Å². The molecule has 2 N–H and O–H groups in total. The van der Waals surface area contributed by atoms with E-state index in [0.29, 0.717) is 11.3 Å². The van der Waals surface area contributed by atoms with Gasteiger partial charge in [-0.1, -0.05) is 31.2 Å². The molecule has 0 aliphatic carbocycles. The van der Waals surface area contributed by atoms with Gasteiger partial charge in [0.2, 0.25) is 0 Å². The highest BCUT2D eigenvalue weighted by Crippen LogP contribution is 2.24. The van der Waals surface area contributed by atoms with Crippen molar-refractivity contribution in [1.82, 2.24) is 15.3 Å². The fourth-order valence-corrected chi connectivity index (χ4v) is 3.56. The molecule has 0 fully saturated rings. The molecule has 0 atom stereocenters. The molecule has 0 radical (unpaired) electrons. The largest absolute Gasteiger partial charge is 0.346 e. The summed E-state index contributed by atoms with van der Waals surface area (Å²) in [4.78, 5) is 31.6. The number of carbonyl (C=O) groups is 1. The van der Waals surface area contributed by atoms with E-state index in [2.05, 4.69) is 34.3 Å². The molecule has 134 valence electrons. The maximum absolute atomic E-state index is 12.4. The van der Waals surface area contributed by atoms with Gasteiger partial charge in [-0.25, -0.2) is 4.98 Å². The van der Waals surface area contributed by atoms with E-state index in [1.807, 2.05) is 32.0 Å². The normalized spacial score (nSPS) is 10.7. The third kappa shape index (κ3) is 3.91. The monoisotopic (exact) mass is 367 g/mol. The van der Waals surface area contributed by atoms with Crippen LogP contribution in [-0.2, 0) is 13.0 Å². The Morgan fingerprint density at radius 2 is 1.96 bits per heavy atom. The maximum Gasteiger partial charge on any atom is 0.271 e. The molecular formula is C20H21N3O2S. The van der Waals surface area contributed by atoms with Crippen LogP contribution in [0.3, 0.4) is 0 Å². The van der Waals surface area contributed by atoms with E-state index in [0.717, 1.165) is 28.2 Å². The van der Waals surface area contributed by atoms with Crippen LogP contribution in [0.1, 0.15) is 39.8 Å². The summed E-state index contributed by atoms with van der Waals surface area (Å²) in [6.45, 7) is 5.99. The molecule has 0 unspecified atom stereocenters. The van der Waals surface area contributed by atoms with Crippen LogP contribution in [0.4, 0.5) is 0 Å². The van der Waals surface area contributed by atoms with Gasteiger partial charge in [0.05, 0.1) is 0 Å². The van der Waals surface area contributed by atoms with Gasteiger partial charge in [-0.15, -0.1) is 11.3 Å². The summed E-state index contributed by atoms with van der Waals surface area (Å²) in [6, 6.07) is 10.1. The summed E-state index contributed by atoms with van der Waals surface area (Å²) in [5.74, 6) is -0.281. The highest BCUT2D eigenvalue weighted by Gasteiger charge is 2.13. The molecule has 0 aliphatic rings. The summed E-state index contributed by atoms with van der Waals surface area (Å²) in [6.07, 6.45) is 0.989. The SMILES string of the molecule is CCc1ccc(-c2nc(C(=O)NCc3c(C)cc(C)[nH]c3=O)cs2)cc1. The fraction of sp³-hybridized carbons (Fsp3) is 0.250. The lowest BCUT2D eigenvalue weighted by atomic mass is 10.1. The van der Waals surface area contributed by atoms with E-state index in [9.17, 15) is 9.59 Å². The van der Waals surface area contributed by atoms with Crippen LogP contribution >= 0.6 is 11.3 Å². The number of nitrogens with one attached hydrogen (secondary N) is 2. The number of pyridine rings is 1. The Kier molecular flexibility index (Phi) is 5.32. The molecule has 5 nitrogen and oxygen atoms in total. The molecule has 26 heavy (non-hydrogen) atoms. The predicted octanol–water partition coefficient (Wildman–Crippen LogP) is 3.61. The summed E-state index contributed by atoms with van der Waals surface area (Å²) >= 11 is 1.43. The molecule has 0 saturated carbocycles. The van der Waals surface area contributed by atoms with E-state index < -0.39 is 0 Å². The van der Waals surface area contributed by atoms with Crippen molar-refractivity contribution in [3.63, 3.8) is 0 Å². The lowest BCUT2D eigenvalue weighted by Crippen LogP contribution is -2.28. The number of thiazole rings is 1. The van der Waals surface area contributed by atoms with Gasteiger partial charge >= 0.3 is 0 Å². The van der Waals surface area contributed by atoms with Crippen molar-refractivity contribution in [3.05, 3.63) is 74.1 Å². The van der Waals surface area contributed by atoms with Crippen molar-refractivity contribution >= 4 is 17.2 Å². The Bertz CT molecular complexity index is 987. The molecule has 2 heterocycles. The van der Waals surface area contributed by atoms with Crippen LogP contribution < -0.4 is 10.9 Å². The van der Waals surface area contributed by atoms with E-state index in [-0.39, 0.29) is 18.0 Å². The van der Waals surface area contributed by atoms with Crippen LogP contribution in [0.2, 0.25) is 0 Å². The van der Waals surface area contributed by atoms with E-state index in [4.69, 9.17) is 0 Å². The second-order valence-electron chi connectivity index (χ2n) is 6.21. The number of amides is 1. The fourth-order valence-electron chi connectivity index (χ4n) is 2.75. The number of carbonyl (C=O) groups excluding carboxylic acids is 1. The minimum absolute atomic E-state index is 0.169. The second-order valence-corrected chi connectivity index (χ2v) is 7.07. The summed E-state index contributed by atoms with van der Waals surface area (Å²) in [5.41, 5.74) is 4.69. The Balaban J connectivity index is 1.71. The van der Waals surface area contributed by atoms with Gasteiger partial charge in [0.25, 0.3) is 11.5 Å². The number of aryl methyl sites for hydroxylation is 3. The van der Waals surface area contributed by atoms with Crippen molar-refractivity contribution in [2.75, 3.05) is 0 Å². The number of aromatic amines is 1. The first kappa shape index (κ1) is 18.1. The number of nitrogens with zero attached hydrogens (tertiary/aromatic N) is 1. The van der Waals surface area contributed by atoms with Gasteiger partial charge < -0.3 is 10.3 Å². The Morgan fingerprint density at radius 1 is 1.23 bits per heavy atom. The van der Waals surface area contributed by atoms with Crippen molar-refractivity contribution < 1.29 is 4.79 Å². The molecular weight excluding hydrogens is 346 g/mol. The lowest BCUT2D eigenvalue weighted by Gasteiger charge is -2.07. The van der Waals surface area contributed by atoms with Crippen LogP contribution in [0.5, 0.6) is 0 Å². The number of hydrogen-bond donors (Lipinski definition) is 2. The number of rotatable bonds is 5. The van der Waals surface area contributed by atoms with Gasteiger partial charge in [-0.05, 0) is 37.5 Å². The second kappa shape index (κ2) is 7.66. The van der Waals surface area contributed by atoms with Crippen LogP contribution in [-0.4, -0.2) is 15.9 Å². The average Bonchev–Trinajstić information content (AvgIpc) is 3.11. The molecule has 0 spiro atoms. The standard InChI is InChI=1S/C20H21N3O2S/c1-4-14-5-7-15(8-6-14)20-23-17(11-26-20)19(25)21-10-16-12(2)9-13(3)22-18(16)24/h5-9,11H,4,10H2,1-3H3,(H,21,25)(H,22,24). The highest BCUT2D eigenvalue weighted by molar-refractivity contribution is 7.13. The first-order valence-electron chi connectivity index (χ1n) is 8.50. The molecule has 3 aromatic rings. The number of benzene rings is 1. The number of aromatic nitrogens is 2. The maximum atomic E-state index is 12.4. The first-order valence-corrected chi connectivity index (χ1v) is 9.38. The first-order chi connectivity index (χ1) is 12.5. The average molecular weight is 367 g/mol. The molecule has 1 amide bonds. The van der Waals surface area contributed by atoms with Crippen molar-refractivity contribution in [2.45, 2.75) is 33.7 Å². The van der Waals surface area contributed by atoms with E-state index in [1.165, 1.54) is 16.9 Å². The summed E-state index contributed by atoms with van der Waals surface area (Å²) in [5, 5.41) is 5.33. The smallest absolute Gasteiger partial charge is 0.271 e.